The molecule has 1 aromatic carbocycles. The Kier molecular flexibility index (Phi) is 3.96. The van der Waals surface area contributed by atoms with Crippen molar-refractivity contribution in [1.29, 1.82) is 0 Å². The lowest BCUT2D eigenvalue weighted by Gasteiger charge is -2.17. The van der Waals surface area contributed by atoms with Gasteiger partial charge in [-0.2, -0.15) is 0 Å². The zero-order valence-corrected chi connectivity index (χ0v) is 9.03. The van der Waals surface area contributed by atoms with Crippen molar-refractivity contribution in [3.63, 3.8) is 0 Å². The fourth-order valence-electron chi connectivity index (χ4n) is 1.35. The summed E-state index contributed by atoms with van der Waals surface area (Å²) in [5.74, 6) is 1.12. The number of hydrogen-bond acceptors (Lipinski definition) is 2. The molecule has 2 atom stereocenters. The first kappa shape index (κ1) is 11.1. The molecule has 0 spiro atoms. The van der Waals surface area contributed by atoms with Crippen LogP contribution in [0, 0.1) is 5.92 Å². The van der Waals surface area contributed by atoms with E-state index >= 15 is 0 Å². The Morgan fingerprint density at radius 2 is 1.86 bits per heavy atom. The van der Waals surface area contributed by atoms with E-state index in [0.29, 0.717) is 5.92 Å². The molecule has 0 amide bonds. The van der Waals surface area contributed by atoms with Gasteiger partial charge in [0.1, 0.15) is 5.75 Å². The van der Waals surface area contributed by atoms with E-state index in [9.17, 15) is 5.11 Å². The van der Waals surface area contributed by atoms with E-state index in [0.717, 1.165) is 17.7 Å². The minimum Gasteiger partial charge on any atom is -0.497 e. The molecule has 0 radical (unpaired) electrons. The maximum absolute atomic E-state index is 9.91. The van der Waals surface area contributed by atoms with Gasteiger partial charge in [-0.3, -0.25) is 0 Å². The minimum atomic E-state index is -0.370. The van der Waals surface area contributed by atoms with Crippen molar-refractivity contribution in [1.82, 2.24) is 0 Å². The topological polar surface area (TPSA) is 29.5 Å². The third-order valence-corrected chi connectivity index (χ3v) is 2.64. The van der Waals surface area contributed by atoms with E-state index < -0.39 is 0 Å². The number of rotatable bonds is 4. The minimum absolute atomic E-state index is 0.295. The first-order valence-corrected chi connectivity index (χ1v) is 5.01. The van der Waals surface area contributed by atoms with Crippen LogP contribution in [0.1, 0.15) is 31.9 Å². The van der Waals surface area contributed by atoms with Crippen LogP contribution in [0.4, 0.5) is 0 Å². The molecule has 2 heteroatoms. The van der Waals surface area contributed by atoms with Gasteiger partial charge in [-0.05, 0) is 23.6 Å². The first-order valence-electron chi connectivity index (χ1n) is 5.01. The van der Waals surface area contributed by atoms with Crippen molar-refractivity contribution in [2.75, 3.05) is 7.11 Å². The summed E-state index contributed by atoms with van der Waals surface area (Å²) in [5.41, 5.74) is 0.958. The van der Waals surface area contributed by atoms with Crippen LogP contribution in [0.3, 0.4) is 0 Å². The third-order valence-electron chi connectivity index (χ3n) is 2.64. The van der Waals surface area contributed by atoms with Crippen molar-refractivity contribution in [3.05, 3.63) is 29.8 Å². The van der Waals surface area contributed by atoms with Gasteiger partial charge in [-0.25, -0.2) is 0 Å². The zero-order valence-electron chi connectivity index (χ0n) is 9.03. The second-order valence-electron chi connectivity index (χ2n) is 3.60. The monoisotopic (exact) mass is 194 g/mol. The molecule has 1 rings (SSSR count). The maximum atomic E-state index is 9.91. The summed E-state index contributed by atoms with van der Waals surface area (Å²) in [6, 6.07) is 7.58. The van der Waals surface area contributed by atoms with Crippen LogP contribution in [0.5, 0.6) is 5.75 Å². The van der Waals surface area contributed by atoms with Gasteiger partial charge in [0.2, 0.25) is 0 Å². The second-order valence-corrected chi connectivity index (χ2v) is 3.60. The molecule has 0 aliphatic heterocycles. The molecule has 0 heterocycles. The molecule has 1 N–H and O–H groups in total. The van der Waals surface area contributed by atoms with E-state index in [1.165, 1.54) is 0 Å². The lowest BCUT2D eigenvalue weighted by molar-refractivity contribution is 0.115. The average Bonchev–Trinajstić information content (AvgIpc) is 2.27. The van der Waals surface area contributed by atoms with Crippen LogP contribution in [0.25, 0.3) is 0 Å². The lowest BCUT2D eigenvalue weighted by Crippen LogP contribution is -2.07. The predicted molar refractivity (Wildman–Crippen MR) is 57.4 cm³/mol. The molecule has 0 saturated carbocycles. The Bertz CT molecular complexity index is 266. The van der Waals surface area contributed by atoms with E-state index in [1.54, 1.807) is 7.11 Å². The van der Waals surface area contributed by atoms with E-state index in [-0.39, 0.29) is 6.10 Å². The van der Waals surface area contributed by atoms with Gasteiger partial charge in [-0.15, -0.1) is 0 Å². The molecule has 0 aliphatic carbocycles. The molecule has 0 unspecified atom stereocenters. The molecule has 14 heavy (non-hydrogen) atoms. The van der Waals surface area contributed by atoms with Crippen LogP contribution < -0.4 is 4.74 Å². The van der Waals surface area contributed by atoms with Gasteiger partial charge in [0, 0.05) is 0 Å². The highest BCUT2D eigenvalue weighted by Crippen LogP contribution is 2.25. The average molecular weight is 194 g/mol. The van der Waals surface area contributed by atoms with Crippen LogP contribution in [0.15, 0.2) is 24.3 Å². The fourth-order valence-corrected chi connectivity index (χ4v) is 1.35. The Morgan fingerprint density at radius 3 is 2.29 bits per heavy atom. The molecule has 0 aromatic heterocycles. The zero-order chi connectivity index (χ0) is 10.6. The normalized spacial score (nSPS) is 14.9. The summed E-state index contributed by atoms with van der Waals surface area (Å²) >= 11 is 0. The number of benzene rings is 1. The Balaban J connectivity index is 2.75. The molecule has 0 bridgehead atoms. The van der Waals surface area contributed by atoms with Crippen molar-refractivity contribution < 1.29 is 9.84 Å². The van der Waals surface area contributed by atoms with Gasteiger partial charge in [0.15, 0.2) is 0 Å². The number of ether oxygens (including phenoxy) is 1. The summed E-state index contributed by atoms with van der Waals surface area (Å²) in [4.78, 5) is 0. The summed E-state index contributed by atoms with van der Waals surface area (Å²) < 4.78 is 5.05. The highest BCUT2D eigenvalue weighted by Gasteiger charge is 2.13. The SMILES string of the molecule is CC[C@@H](C)[C@H](O)c1ccc(OC)cc1. The fraction of sp³-hybridized carbons (Fsp3) is 0.500. The molecule has 78 valence electrons. The first-order chi connectivity index (χ1) is 6.69. The second kappa shape index (κ2) is 5.01. The molecular formula is C12H18O2. The van der Waals surface area contributed by atoms with Gasteiger partial charge in [0.05, 0.1) is 13.2 Å². The Labute approximate surface area is 85.5 Å². The quantitative estimate of drug-likeness (QED) is 0.798. The summed E-state index contributed by atoms with van der Waals surface area (Å²) in [6.45, 7) is 4.13. The highest BCUT2D eigenvalue weighted by atomic mass is 16.5. The third kappa shape index (κ3) is 2.48. The van der Waals surface area contributed by atoms with Crippen LogP contribution >= 0.6 is 0 Å². The molecular weight excluding hydrogens is 176 g/mol. The summed E-state index contributed by atoms with van der Waals surface area (Å²) in [7, 11) is 1.64. The lowest BCUT2D eigenvalue weighted by atomic mass is 9.95. The smallest absolute Gasteiger partial charge is 0.118 e. The Morgan fingerprint density at radius 1 is 1.29 bits per heavy atom. The molecule has 2 nitrogen and oxygen atoms in total. The van der Waals surface area contributed by atoms with E-state index in [1.807, 2.05) is 24.3 Å². The maximum Gasteiger partial charge on any atom is 0.118 e. The standard InChI is InChI=1S/C12H18O2/c1-4-9(2)12(13)10-5-7-11(14-3)8-6-10/h5-9,12-13H,4H2,1-3H3/t9-,12+/m1/s1. The van der Waals surface area contributed by atoms with Crippen molar-refractivity contribution in [2.45, 2.75) is 26.4 Å². The Hall–Kier alpha value is -1.02. The highest BCUT2D eigenvalue weighted by molar-refractivity contribution is 5.28. The van der Waals surface area contributed by atoms with Gasteiger partial charge in [-0.1, -0.05) is 32.4 Å². The predicted octanol–water partition coefficient (Wildman–Crippen LogP) is 2.77. The number of aliphatic hydroxyl groups excluding tert-OH is 1. The van der Waals surface area contributed by atoms with Gasteiger partial charge >= 0.3 is 0 Å². The van der Waals surface area contributed by atoms with Crippen LogP contribution in [-0.4, -0.2) is 12.2 Å². The van der Waals surface area contributed by atoms with Gasteiger partial charge in [0.25, 0.3) is 0 Å². The van der Waals surface area contributed by atoms with Crippen molar-refractivity contribution >= 4 is 0 Å². The van der Waals surface area contributed by atoms with E-state index in [2.05, 4.69) is 13.8 Å². The number of hydrogen-bond donors (Lipinski definition) is 1. The molecule has 0 saturated heterocycles. The van der Waals surface area contributed by atoms with Gasteiger partial charge < -0.3 is 9.84 Å². The number of methoxy groups -OCH3 is 1. The molecule has 0 fully saturated rings. The largest absolute Gasteiger partial charge is 0.497 e. The van der Waals surface area contributed by atoms with E-state index in [4.69, 9.17) is 4.74 Å². The number of aliphatic hydroxyl groups is 1. The molecule has 0 aliphatic rings. The van der Waals surface area contributed by atoms with Crippen LogP contribution in [-0.2, 0) is 0 Å². The van der Waals surface area contributed by atoms with Crippen molar-refractivity contribution in [2.24, 2.45) is 5.92 Å². The summed E-state index contributed by atoms with van der Waals surface area (Å²) in [5, 5.41) is 9.91. The molecule has 1 aromatic rings. The summed E-state index contributed by atoms with van der Waals surface area (Å²) in [6.07, 6.45) is 0.610. The van der Waals surface area contributed by atoms with Crippen molar-refractivity contribution in [3.8, 4) is 5.75 Å². The van der Waals surface area contributed by atoms with Crippen LogP contribution in [0.2, 0.25) is 0 Å².